The number of carboxylic acids is 1. The second kappa shape index (κ2) is 5.49. The van der Waals surface area contributed by atoms with Crippen molar-refractivity contribution in [3.63, 3.8) is 0 Å². The van der Waals surface area contributed by atoms with E-state index in [0.29, 0.717) is 27.7 Å². The van der Waals surface area contributed by atoms with Gasteiger partial charge < -0.3 is 20.5 Å². The van der Waals surface area contributed by atoms with Crippen LogP contribution in [0.25, 0.3) is 22.0 Å². The normalized spacial score (nSPS) is 10.7. The van der Waals surface area contributed by atoms with Crippen molar-refractivity contribution in [3.05, 3.63) is 48.2 Å². The number of phenolic OH excluding ortho intramolecular Hbond substituents is 1. The van der Waals surface area contributed by atoms with Crippen molar-refractivity contribution in [2.24, 2.45) is 0 Å². The maximum Gasteiger partial charge on any atom is 0.352 e. The first-order valence-electron chi connectivity index (χ1n) is 6.91. The molecule has 1 aromatic heterocycles. The van der Waals surface area contributed by atoms with Gasteiger partial charge in [-0.2, -0.15) is 0 Å². The van der Waals surface area contributed by atoms with Gasteiger partial charge in [-0.15, -0.1) is 0 Å². The molecule has 0 fully saturated rings. The molecular formula is C17H14N2O4. The van der Waals surface area contributed by atoms with Crippen molar-refractivity contribution in [1.82, 2.24) is 4.98 Å². The summed E-state index contributed by atoms with van der Waals surface area (Å²) in [6, 6.07) is 11.6. The number of aromatic hydroxyl groups is 1. The van der Waals surface area contributed by atoms with Gasteiger partial charge in [0.1, 0.15) is 11.4 Å². The standard InChI is InChI=1S/C17H14N2O4/c1-9(20)18-10-5-6-16(21)13(7-10)11-3-2-4-14-12(11)8-15(19-14)17(22)23/h2-8,19,21H,1H3,(H,18,20)(H,22,23). The lowest BCUT2D eigenvalue weighted by molar-refractivity contribution is -0.114. The lowest BCUT2D eigenvalue weighted by atomic mass is 10.00. The van der Waals surface area contributed by atoms with Gasteiger partial charge in [-0.1, -0.05) is 12.1 Å². The lowest BCUT2D eigenvalue weighted by Crippen LogP contribution is -2.05. The van der Waals surface area contributed by atoms with Gasteiger partial charge in [0.25, 0.3) is 0 Å². The molecule has 0 aliphatic carbocycles. The number of carbonyl (C=O) groups excluding carboxylic acids is 1. The van der Waals surface area contributed by atoms with Gasteiger partial charge in [0.15, 0.2) is 0 Å². The third-order valence-corrected chi connectivity index (χ3v) is 3.50. The predicted molar refractivity (Wildman–Crippen MR) is 86.7 cm³/mol. The minimum Gasteiger partial charge on any atom is -0.507 e. The van der Waals surface area contributed by atoms with E-state index in [4.69, 9.17) is 5.11 Å². The summed E-state index contributed by atoms with van der Waals surface area (Å²) in [5.74, 6) is -1.22. The van der Waals surface area contributed by atoms with Gasteiger partial charge in [-0.05, 0) is 35.9 Å². The minimum atomic E-state index is -1.05. The topological polar surface area (TPSA) is 102 Å². The lowest BCUT2D eigenvalue weighted by Gasteiger charge is -2.09. The molecule has 3 rings (SSSR count). The van der Waals surface area contributed by atoms with E-state index in [1.165, 1.54) is 19.1 Å². The van der Waals surface area contributed by atoms with Crippen molar-refractivity contribution >= 4 is 28.5 Å². The van der Waals surface area contributed by atoms with Crippen LogP contribution in [0.2, 0.25) is 0 Å². The number of nitrogens with one attached hydrogen (secondary N) is 2. The van der Waals surface area contributed by atoms with E-state index < -0.39 is 5.97 Å². The van der Waals surface area contributed by atoms with E-state index in [2.05, 4.69) is 10.3 Å². The Morgan fingerprint density at radius 2 is 1.87 bits per heavy atom. The number of hydrogen-bond donors (Lipinski definition) is 4. The third kappa shape index (κ3) is 2.74. The molecule has 0 spiro atoms. The molecule has 3 aromatic rings. The van der Waals surface area contributed by atoms with Gasteiger partial charge in [0, 0.05) is 29.1 Å². The predicted octanol–water partition coefficient (Wildman–Crippen LogP) is 3.20. The van der Waals surface area contributed by atoms with Crippen LogP contribution in [0, 0.1) is 0 Å². The summed E-state index contributed by atoms with van der Waals surface area (Å²) >= 11 is 0. The number of aromatic amines is 1. The molecule has 4 N–H and O–H groups in total. The first kappa shape index (κ1) is 14.6. The number of carbonyl (C=O) groups is 2. The highest BCUT2D eigenvalue weighted by Crippen LogP contribution is 2.36. The molecule has 0 radical (unpaired) electrons. The van der Waals surface area contributed by atoms with E-state index in [0.717, 1.165) is 0 Å². The fraction of sp³-hybridized carbons (Fsp3) is 0.0588. The van der Waals surface area contributed by atoms with Crippen LogP contribution in [-0.4, -0.2) is 27.1 Å². The first-order chi connectivity index (χ1) is 11.0. The number of hydrogen-bond acceptors (Lipinski definition) is 3. The molecule has 116 valence electrons. The Labute approximate surface area is 131 Å². The monoisotopic (exact) mass is 310 g/mol. The molecule has 0 atom stereocenters. The summed E-state index contributed by atoms with van der Waals surface area (Å²) in [5.41, 5.74) is 2.47. The molecular weight excluding hydrogens is 296 g/mol. The highest BCUT2D eigenvalue weighted by molar-refractivity contribution is 6.02. The summed E-state index contributed by atoms with van der Waals surface area (Å²) in [7, 11) is 0. The molecule has 0 bridgehead atoms. The summed E-state index contributed by atoms with van der Waals surface area (Å²) in [6.07, 6.45) is 0. The fourth-order valence-electron chi connectivity index (χ4n) is 2.54. The van der Waals surface area contributed by atoms with Crippen LogP contribution in [-0.2, 0) is 4.79 Å². The van der Waals surface area contributed by atoms with Crippen molar-refractivity contribution in [3.8, 4) is 16.9 Å². The van der Waals surface area contributed by atoms with Crippen molar-refractivity contribution < 1.29 is 19.8 Å². The molecule has 1 heterocycles. The van der Waals surface area contributed by atoms with E-state index in [1.807, 2.05) is 0 Å². The zero-order valence-corrected chi connectivity index (χ0v) is 12.3. The van der Waals surface area contributed by atoms with Gasteiger partial charge >= 0.3 is 5.97 Å². The maximum atomic E-state index is 11.2. The number of aromatic carboxylic acids is 1. The summed E-state index contributed by atoms with van der Waals surface area (Å²) < 4.78 is 0. The highest BCUT2D eigenvalue weighted by atomic mass is 16.4. The van der Waals surface area contributed by atoms with Gasteiger partial charge in [-0.25, -0.2) is 4.79 Å². The summed E-state index contributed by atoms with van der Waals surface area (Å²) in [4.78, 5) is 25.1. The third-order valence-electron chi connectivity index (χ3n) is 3.50. The number of benzene rings is 2. The number of carboxylic acid groups (broad SMARTS) is 1. The van der Waals surface area contributed by atoms with Gasteiger partial charge in [-0.3, -0.25) is 4.79 Å². The molecule has 6 nitrogen and oxygen atoms in total. The zero-order valence-electron chi connectivity index (χ0n) is 12.3. The molecule has 23 heavy (non-hydrogen) atoms. The molecule has 0 saturated heterocycles. The number of rotatable bonds is 3. The summed E-state index contributed by atoms with van der Waals surface area (Å²) in [5, 5.41) is 22.6. The van der Waals surface area contributed by atoms with Crippen LogP contribution in [0.3, 0.4) is 0 Å². The van der Waals surface area contributed by atoms with Crippen LogP contribution >= 0.6 is 0 Å². The Balaban J connectivity index is 2.20. The molecule has 0 aliphatic rings. The molecule has 1 amide bonds. The number of H-pyrrole nitrogens is 1. The maximum absolute atomic E-state index is 11.2. The Morgan fingerprint density at radius 3 is 2.57 bits per heavy atom. The first-order valence-corrected chi connectivity index (χ1v) is 6.91. The molecule has 0 saturated carbocycles. The Bertz CT molecular complexity index is 927. The van der Waals surface area contributed by atoms with E-state index in [1.54, 1.807) is 30.3 Å². The number of aromatic nitrogens is 1. The zero-order chi connectivity index (χ0) is 16.6. The highest BCUT2D eigenvalue weighted by Gasteiger charge is 2.14. The van der Waals surface area contributed by atoms with E-state index >= 15 is 0 Å². The number of anilines is 1. The number of phenols is 1. The Hall–Kier alpha value is -3.28. The quantitative estimate of drug-likeness (QED) is 0.558. The summed E-state index contributed by atoms with van der Waals surface area (Å²) in [6.45, 7) is 1.40. The molecule has 0 aliphatic heterocycles. The smallest absolute Gasteiger partial charge is 0.352 e. The Morgan fingerprint density at radius 1 is 1.09 bits per heavy atom. The molecule has 0 unspecified atom stereocenters. The van der Waals surface area contributed by atoms with Crippen LogP contribution in [0.5, 0.6) is 5.75 Å². The molecule has 6 heteroatoms. The average molecular weight is 310 g/mol. The Kier molecular flexibility index (Phi) is 3.50. The van der Waals surface area contributed by atoms with Crippen LogP contribution in [0.4, 0.5) is 5.69 Å². The van der Waals surface area contributed by atoms with Crippen molar-refractivity contribution in [2.45, 2.75) is 6.92 Å². The van der Waals surface area contributed by atoms with Gasteiger partial charge in [0.05, 0.1) is 0 Å². The SMILES string of the molecule is CC(=O)Nc1ccc(O)c(-c2cccc3[nH]c(C(=O)O)cc23)c1. The second-order valence-electron chi connectivity index (χ2n) is 5.17. The van der Waals surface area contributed by atoms with E-state index in [9.17, 15) is 14.7 Å². The largest absolute Gasteiger partial charge is 0.507 e. The minimum absolute atomic E-state index is 0.0460. The van der Waals surface area contributed by atoms with Gasteiger partial charge in [0.2, 0.25) is 5.91 Å². The fourth-order valence-corrected chi connectivity index (χ4v) is 2.54. The van der Waals surface area contributed by atoms with Crippen molar-refractivity contribution in [1.29, 1.82) is 0 Å². The van der Waals surface area contributed by atoms with Crippen LogP contribution in [0.1, 0.15) is 17.4 Å². The van der Waals surface area contributed by atoms with Crippen molar-refractivity contribution in [2.75, 3.05) is 5.32 Å². The van der Waals surface area contributed by atoms with E-state index in [-0.39, 0.29) is 17.4 Å². The number of amides is 1. The average Bonchev–Trinajstić information content (AvgIpc) is 2.93. The van der Waals surface area contributed by atoms with Crippen LogP contribution < -0.4 is 5.32 Å². The second-order valence-corrected chi connectivity index (χ2v) is 5.17. The van der Waals surface area contributed by atoms with Crippen LogP contribution in [0.15, 0.2) is 42.5 Å². The molecule has 2 aromatic carbocycles. The number of fused-ring (bicyclic) bond motifs is 1.